The summed E-state index contributed by atoms with van der Waals surface area (Å²) < 4.78 is 0. The molecule has 0 spiro atoms. The zero-order valence-electron chi connectivity index (χ0n) is 10.3. The number of carbonyl (C=O) groups is 1. The van der Waals surface area contributed by atoms with Crippen molar-refractivity contribution in [3.05, 3.63) is 64.2 Å². The van der Waals surface area contributed by atoms with Crippen molar-refractivity contribution < 1.29 is 9.90 Å². The van der Waals surface area contributed by atoms with Crippen LogP contribution in [0.2, 0.25) is 5.02 Å². The number of aryl methyl sites for hydroxylation is 1. The first kappa shape index (κ1) is 13.3. The predicted molar refractivity (Wildman–Crippen MR) is 76.8 cm³/mol. The quantitative estimate of drug-likeness (QED) is 0.856. The number of aliphatic imine (C=N–C) groups is 1. The number of halogens is 1. The van der Waals surface area contributed by atoms with Crippen LogP contribution in [0.15, 0.2) is 47.5 Å². The van der Waals surface area contributed by atoms with E-state index in [2.05, 4.69) is 4.99 Å². The van der Waals surface area contributed by atoms with Gasteiger partial charge < -0.3 is 5.11 Å². The molecule has 0 heterocycles. The van der Waals surface area contributed by atoms with Crippen molar-refractivity contribution in [2.24, 2.45) is 4.99 Å². The lowest BCUT2D eigenvalue weighted by Crippen LogP contribution is -1.95. The molecule has 19 heavy (non-hydrogen) atoms. The lowest BCUT2D eigenvalue weighted by Gasteiger charge is -2.00. The van der Waals surface area contributed by atoms with Gasteiger partial charge >= 0.3 is 5.97 Å². The van der Waals surface area contributed by atoms with Gasteiger partial charge in [0.25, 0.3) is 0 Å². The third-order valence-electron chi connectivity index (χ3n) is 2.68. The molecule has 0 atom stereocenters. The van der Waals surface area contributed by atoms with E-state index < -0.39 is 5.97 Å². The molecule has 2 aromatic carbocycles. The van der Waals surface area contributed by atoms with E-state index in [-0.39, 0.29) is 5.56 Å². The van der Waals surface area contributed by atoms with Gasteiger partial charge in [0.15, 0.2) is 0 Å². The minimum Gasteiger partial charge on any atom is -0.478 e. The van der Waals surface area contributed by atoms with Gasteiger partial charge in [-0.15, -0.1) is 0 Å². The zero-order chi connectivity index (χ0) is 13.8. The average molecular weight is 274 g/mol. The Kier molecular flexibility index (Phi) is 3.97. The molecule has 1 N–H and O–H groups in total. The number of benzene rings is 2. The highest BCUT2D eigenvalue weighted by Gasteiger charge is 2.01. The van der Waals surface area contributed by atoms with E-state index in [9.17, 15) is 4.79 Å². The second-order valence-corrected chi connectivity index (χ2v) is 4.55. The monoisotopic (exact) mass is 273 g/mol. The van der Waals surface area contributed by atoms with E-state index in [0.717, 1.165) is 16.8 Å². The second-order valence-electron chi connectivity index (χ2n) is 4.12. The zero-order valence-corrected chi connectivity index (χ0v) is 11.1. The standard InChI is InChI=1S/C15H12ClNO2/c1-10-2-7-13(16)8-14(10)17-9-11-3-5-12(6-4-11)15(18)19/h2-9H,1H3,(H,18,19). The van der Waals surface area contributed by atoms with Crippen LogP contribution in [0, 0.1) is 6.92 Å². The van der Waals surface area contributed by atoms with Gasteiger partial charge in [0.2, 0.25) is 0 Å². The van der Waals surface area contributed by atoms with E-state index in [1.807, 2.05) is 19.1 Å². The fourth-order valence-corrected chi connectivity index (χ4v) is 1.74. The molecule has 0 saturated carbocycles. The maximum atomic E-state index is 10.7. The number of rotatable bonds is 3. The highest BCUT2D eigenvalue weighted by molar-refractivity contribution is 6.30. The summed E-state index contributed by atoms with van der Waals surface area (Å²) in [4.78, 5) is 15.1. The van der Waals surface area contributed by atoms with Gasteiger partial charge in [-0.05, 0) is 42.3 Å². The van der Waals surface area contributed by atoms with Crippen molar-refractivity contribution in [1.82, 2.24) is 0 Å². The molecule has 3 nitrogen and oxygen atoms in total. The number of aromatic carboxylic acids is 1. The van der Waals surface area contributed by atoms with Crippen LogP contribution < -0.4 is 0 Å². The molecule has 0 amide bonds. The first-order chi connectivity index (χ1) is 9.06. The third-order valence-corrected chi connectivity index (χ3v) is 2.92. The van der Waals surface area contributed by atoms with Gasteiger partial charge in [-0.25, -0.2) is 4.79 Å². The van der Waals surface area contributed by atoms with Gasteiger partial charge in [-0.3, -0.25) is 4.99 Å². The van der Waals surface area contributed by atoms with Gasteiger partial charge in [0.05, 0.1) is 11.3 Å². The fourth-order valence-electron chi connectivity index (χ4n) is 1.58. The number of hydrogen-bond acceptors (Lipinski definition) is 2. The maximum absolute atomic E-state index is 10.7. The Morgan fingerprint density at radius 3 is 2.53 bits per heavy atom. The smallest absolute Gasteiger partial charge is 0.335 e. The van der Waals surface area contributed by atoms with E-state index in [4.69, 9.17) is 16.7 Å². The number of carboxylic acid groups (broad SMARTS) is 1. The molecular weight excluding hydrogens is 262 g/mol. The van der Waals surface area contributed by atoms with Crippen molar-refractivity contribution in [3.8, 4) is 0 Å². The Morgan fingerprint density at radius 1 is 1.21 bits per heavy atom. The van der Waals surface area contributed by atoms with Crippen LogP contribution in [0.1, 0.15) is 21.5 Å². The Morgan fingerprint density at radius 2 is 1.89 bits per heavy atom. The van der Waals surface area contributed by atoms with Gasteiger partial charge in [-0.2, -0.15) is 0 Å². The number of carboxylic acids is 1. The summed E-state index contributed by atoms with van der Waals surface area (Å²) in [6.45, 7) is 1.95. The summed E-state index contributed by atoms with van der Waals surface area (Å²) in [7, 11) is 0. The Hall–Kier alpha value is -2.13. The minimum atomic E-state index is -0.936. The van der Waals surface area contributed by atoms with Crippen molar-refractivity contribution in [1.29, 1.82) is 0 Å². The summed E-state index contributed by atoms with van der Waals surface area (Å²) >= 11 is 5.92. The molecule has 0 bridgehead atoms. The van der Waals surface area contributed by atoms with Crippen molar-refractivity contribution in [2.75, 3.05) is 0 Å². The molecule has 4 heteroatoms. The molecule has 0 aliphatic heterocycles. The number of hydrogen-bond donors (Lipinski definition) is 1. The molecule has 0 aliphatic rings. The summed E-state index contributed by atoms with van der Waals surface area (Å²) in [5, 5.41) is 9.44. The van der Waals surface area contributed by atoms with E-state index in [1.54, 1.807) is 36.5 Å². The number of nitrogens with zero attached hydrogens (tertiary/aromatic N) is 1. The van der Waals surface area contributed by atoms with E-state index in [1.165, 1.54) is 0 Å². The van der Waals surface area contributed by atoms with Crippen molar-refractivity contribution in [2.45, 2.75) is 6.92 Å². The Balaban J connectivity index is 2.22. The molecule has 0 aromatic heterocycles. The third kappa shape index (κ3) is 3.42. The fraction of sp³-hybridized carbons (Fsp3) is 0.0667. The SMILES string of the molecule is Cc1ccc(Cl)cc1N=Cc1ccc(C(=O)O)cc1. The highest BCUT2D eigenvalue weighted by Crippen LogP contribution is 2.22. The van der Waals surface area contributed by atoms with Crippen LogP contribution in [-0.2, 0) is 0 Å². The normalized spacial score (nSPS) is 10.8. The van der Waals surface area contributed by atoms with Crippen molar-refractivity contribution >= 4 is 29.5 Å². The minimum absolute atomic E-state index is 0.260. The van der Waals surface area contributed by atoms with Crippen LogP contribution in [0.25, 0.3) is 0 Å². The molecule has 0 saturated heterocycles. The van der Waals surface area contributed by atoms with Gasteiger partial charge in [-0.1, -0.05) is 29.8 Å². The Labute approximate surface area is 116 Å². The summed E-state index contributed by atoms with van der Waals surface area (Å²) in [6.07, 6.45) is 1.68. The summed E-state index contributed by atoms with van der Waals surface area (Å²) in [5.74, 6) is -0.936. The van der Waals surface area contributed by atoms with E-state index >= 15 is 0 Å². The lowest BCUT2D eigenvalue weighted by molar-refractivity contribution is 0.0697. The highest BCUT2D eigenvalue weighted by atomic mass is 35.5. The van der Waals surface area contributed by atoms with Crippen LogP contribution in [0.5, 0.6) is 0 Å². The van der Waals surface area contributed by atoms with Crippen LogP contribution in [0.4, 0.5) is 5.69 Å². The van der Waals surface area contributed by atoms with Crippen LogP contribution in [0.3, 0.4) is 0 Å². The molecule has 0 fully saturated rings. The maximum Gasteiger partial charge on any atom is 0.335 e. The average Bonchev–Trinajstić information content (AvgIpc) is 2.40. The van der Waals surface area contributed by atoms with E-state index in [0.29, 0.717) is 5.02 Å². The molecule has 0 radical (unpaired) electrons. The topological polar surface area (TPSA) is 49.7 Å². The molecular formula is C15H12ClNO2. The summed E-state index contributed by atoms with van der Waals surface area (Å²) in [5.41, 5.74) is 2.93. The molecule has 0 aliphatic carbocycles. The van der Waals surface area contributed by atoms with Gasteiger partial charge in [0.1, 0.15) is 0 Å². The molecule has 0 unspecified atom stereocenters. The van der Waals surface area contributed by atoms with Gasteiger partial charge in [0, 0.05) is 11.2 Å². The first-order valence-electron chi connectivity index (χ1n) is 5.70. The van der Waals surface area contributed by atoms with Crippen LogP contribution in [-0.4, -0.2) is 17.3 Å². The Bertz CT molecular complexity index is 633. The summed E-state index contributed by atoms with van der Waals surface area (Å²) in [6, 6.07) is 12.0. The lowest BCUT2D eigenvalue weighted by atomic mass is 10.1. The predicted octanol–water partition coefficient (Wildman–Crippen LogP) is 4.10. The molecule has 96 valence electrons. The second kappa shape index (κ2) is 5.67. The largest absolute Gasteiger partial charge is 0.478 e. The molecule has 2 aromatic rings. The van der Waals surface area contributed by atoms with Crippen molar-refractivity contribution in [3.63, 3.8) is 0 Å². The first-order valence-corrected chi connectivity index (χ1v) is 6.07. The van der Waals surface area contributed by atoms with Crippen LogP contribution >= 0.6 is 11.6 Å². The molecule has 2 rings (SSSR count).